The number of nitrogens with one attached hydrogen (secondary N) is 1. The van der Waals surface area contributed by atoms with Gasteiger partial charge in [-0.25, -0.2) is 0 Å². The zero-order chi connectivity index (χ0) is 17.6. The summed E-state index contributed by atoms with van der Waals surface area (Å²) in [7, 11) is 1.69. The monoisotopic (exact) mass is 340 g/mol. The zero-order valence-corrected chi connectivity index (χ0v) is 14.0. The number of ether oxygens (including phenoxy) is 2. The maximum absolute atomic E-state index is 12.1. The topological polar surface area (TPSA) is 67.9 Å². The van der Waals surface area contributed by atoms with Crippen LogP contribution in [0.5, 0.6) is 11.5 Å². The molecule has 2 aromatic rings. The molecule has 0 aromatic heterocycles. The lowest BCUT2D eigenvalue weighted by Crippen LogP contribution is -2.35. The number of fused-ring (bicyclic) bond motifs is 1. The van der Waals surface area contributed by atoms with E-state index in [1.807, 2.05) is 30.3 Å². The third-order valence-corrected chi connectivity index (χ3v) is 3.89. The molecule has 0 saturated heterocycles. The van der Waals surface area contributed by atoms with E-state index in [2.05, 4.69) is 5.32 Å². The predicted octanol–water partition coefficient (Wildman–Crippen LogP) is 2.84. The van der Waals surface area contributed by atoms with Crippen molar-refractivity contribution in [3.8, 4) is 11.5 Å². The normalized spacial score (nSPS) is 13.0. The molecule has 6 heteroatoms. The van der Waals surface area contributed by atoms with E-state index in [0.29, 0.717) is 36.6 Å². The summed E-state index contributed by atoms with van der Waals surface area (Å²) in [6.45, 7) is 0.517. The van der Waals surface area contributed by atoms with E-state index in [1.165, 1.54) is 4.90 Å². The Hall–Kier alpha value is -3.02. The summed E-state index contributed by atoms with van der Waals surface area (Å²) in [4.78, 5) is 25.3. The third-order valence-electron chi connectivity index (χ3n) is 3.89. The quantitative estimate of drug-likeness (QED) is 0.821. The highest BCUT2D eigenvalue weighted by molar-refractivity contribution is 5.99. The first-order valence-electron chi connectivity index (χ1n) is 8.14. The molecule has 1 heterocycles. The number of para-hydroxylation sites is 1. The first kappa shape index (κ1) is 16.8. The van der Waals surface area contributed by atoms with Crippen molar-refractivity contribution in [1.29, 1.82) is 0 Å². The molecule has 130 valence electrons. The number of hydrogen-bond acceptors (Lipinski definition) is 4. The van der Waals surface area contributed by atoms with Gasteiger partial charge in [0.15, 0.2) is 6.61 Å². The fourth-order valence-corrected chi connectivity index (χ4v) is 2.51. The van der Waals surface area contributed by atoms with Gasteiger partial charge in [-0.2, -0.15) is 0 Å². The van der Waals surface area contributed by atoms with Crippen LogP contribution >= 0.6 is 0 Å². The summed E-state index contributed by atoms with van der Waals surface area (Å²) in [5.74, 6) is 1.22. The Morgan fingerprint density at radius 3 is 2.84 bits per heavy atom. The maximum atomic E-state index is 12.1. The molecule has 0 aliphatic carbocycles. The molecule has 1 aliphatic rings. The summed E-state index contributed by atoms with van der Waals surface area (Å²) in [6, 6.07) is 14.8. The van der Waals surface area contributed by atoms with Crippen molar-refractivity contribution in [2.75, 3.05) is 30.5 Å². The number of carbonyl (C=O) groups excluding carboxylic acids is 2. The van der Waals surface area contributed by atoms with E-state index >= 15 is 0 Å². The van der Waals surface area contributed by atoms with Crippen molar-refractivity contribution < 1.29 is 19.1 Å². The van der Waals surface area contributed by atoms with E-state index in [9.17, 15) is 9.59 Å². The van der Waals surface area contributed by atoms with Gasteiger partial charge < -0.3 is 19.7 Å². The summed E-state index contributed by atoms with van der Waals surface area (Å²) < 4.78 is 10.9. The number of hydrogen-bond donors (Lipinski definition) is 1. The molecule has 0 spiro atoms. The molecule has 0 unspecified atom stereocenters. The minimum atomic E-state index is -0.117. The van der Waals surface area contributed by atoms with Crippen molar-refractivity contribution >= 4 is 23.2 Å². The van der Waals surface area contributed by atoms with E-state index in [0.717, 1.165) is 5.75 Å². The van der Waals surface area contributed by atoms with Crippen molar-refractivity contribution in [3.63, 3.8) is 0 Å². The van der Waals surface area contributed by atoms with Crippen LogP contribution in [0.3, 0.4) is 0 Å². The molecule has 0 fully saturated rings. The highest BCUT2D eigenvalue weighted by Gasteiger charge is 2.22. The molecule has 0 radical (unpaired) electrons. The smallest absolute Gasteiger partial charge is 0.264 e. The fourth-order valence-electron chi connectivity index (χ4n) is 2.51. The Kier molecular flexibility index (Phi) is 5.18. The van der Waals surface area contributed by atoms with Gasteiger partial charge in [0.2, 0.25) is 5.91 Å². The van der Waals surface area contributed by atoms with Crippen LogP contribution < -0.4 is 19.7 Å². The molecule has 6 nitrogen and oxygen atoms in total. The molecule has 2 amide bonds. The van der Waals surface area contributed by atoms with E-state index in [1.54, 1.807) is 25.2 Å². The Labute approximate surface area is 146 Å². The largest absolute Gasteiger partial charge is 0.494 e. The van der Waals surface area contributed by atoms with Gasteiger partial charge in [0.05, 0.1) is 12.3 Å². The van der Waals surface area contributed by atoms with Crippen LogP contribution in [0.1, 0.15) is 12.8 Å². The fraction of sp³-hybridized carbons (Fsp3) is 0.263. The molecule has 25 heavy (non-hydrogen) atoms. The van der Waals surface area contributed by atoms with Gasteiger partial charge in [-0.05, 0) is 36.8 Å². The number of anilines is 2. The van der Waals surface area contributed by atoms with Gasteiger partial charge in [-0.1, -0.05) is 18.2 Å². The van der Waals surface area contributed by atoms with Gasteiger partial charge in [-0.3, -0.25) is 9.59 Å². The average Bonchev–Trinajstić information content (AvgIpc) is 2.63. The second kappa shape index (κ2) is 7.70. The number of rotatable bonds is 6. The molecular formula is C19H20N2O4. The lowest BCUT2D eigenvalue weighted by molar-refractivity contribution is -0.121. The predicted molar refractivity (Wildman–Crippen MR) is 95.1 cm³/mol. The van der Waals surface area contributed by atoms with Crippen LogP contribution in [-0.4, -0.2) is 32.1 Å². The van der Waals surface area contributed by atoms with Crippen LogP contribution in [0.15, 0.2) is 48.5 Å². The standard InChI is InChI=1S/C19H20N2O4/c1-21-16-12-14(9-10-17(16)25-13-19(21)23)20-18(22)8-5-11-24-15-6-3-2-4-7-15/h2-4,6-7,9-10,12H,5,8,11,13H2,1H3,(H,20,22). The highest BCUT2D eigenvalue weighted by Crippen LogP contribution is 2.33. The molecule has 3 rings (SSSR count). The number of nitrogens with zero attached hydrogens (tertiary/aromatic N) is 1. The van der Waals surface area contributed by atoms with Crippen LogP contribution in [0, 0.1) is 0 Å². The summed E-state index contributed by atoms with van der Waals surface area (Å²) in [5.41, 5.74) is 1.29. The first-order valence-corrected chi connectivity index (χ1v) is 8.14. The van der Waals surface area contributed by atoms with Crippen LogP contribution in [-0.2, 0) is 9.59 Å². The number of likely N-dealkylation sites (N-methyl/N-ethyl adjacent to an activating group) is 1. The summed E-state index contributed by atoms with van der Waals surface area (Å²) in [6.07, 6.45) is 0.975. The molecule has 1 aliphatic heterocycles. The minimum Gasteiger partial charge on any atom is -0.494 e. The molecule has 1 N–H and O–H groups in total. The lowest BCUT2D eigenvalue weighted by atomic mass is 10.2. The lowest BCUT2D eigenvalue weighted by Gasteiger charge is -2.26. The van der Waals surface area contributed by atoms with Gasteiger partial charge >= 0.3 is 0 Å². The second-order valence-electron chi connectivity index (χ2n) is 5.74. The van der Waals surface area contributed by atoms with Gasteiger partial charge in [-0.15, -0.1) is 0 Å². The Morgan fingerprint density at radius 2 is 2.04 bits per heavy atom. The van der Waals surface area contributed by atoms with Gasteiger partial charge in [0.25, 0.3) is 5.91 Å². The molecule has 0 bridgehead atoms. The van der Waals surface area contributed by atoms with Gasteiger partial charge in [0.1, 0.15) is 11.5 Å². The number of amides is 2. The SMILES string of the molecule is CN1C(=O)COc2ccc(NC(=O)CCCOc3ccccc3)cc21. The molecule has 0 saturated carbocycles. The van der Waals surface area contributed by atoms with Crippen molar-refractivity contribution in [1.82, 2.24) is 0 Å². The first-order chi connectivity index (χ1) is 12.1. The van der Waals surface area contributed by atoms with Crippen molar-refractivity contribution in [2.24, 2.45) is 0 Å². The van der Waals surface area contributed by atoms with Crippen LogP contribution in [0.4, 0.5) is 11.4 Å². The number of benzene rings is 2. The molecule has 0 atom stereocenters. The highest BCUT2D eigenvalue weighted by atomic mass is 16.5. The average molecular weight is 340 g/mol. The number of carbonyl (C=O) groups is 2. The Balaban J connectivity index is 1.49. The van der Waals surface area contributed by atoms with E-state index in [4.69, 9.17) is 9.47 Å². The maximum Gasteiger partial charge on any atom is 0.264 e. The van der Waals surface area contributed by atoms with E-state index in [-0.39, 0.29) is 18.4 Å². The molecule has 2 aromatic carbocycles. The second-order valence-corrected chi connectivity index (χ2v) is 5.74. The third kappa shape index (κ3) is 4.29. The van der Waals surface area contributed by atoms with Crippen molar-refractivity contribution in [3.05, 3.63) is 48.5 Å². The van der Waals surface area contributed by atoms with Gasteiger partial charge in [0, 0.05) is 19.2 Å². The molecular weight excluding hydrogens is 320 g/mol. The van der Waals surface area contributed by atoms with Crippen LogP contribution in [0.2, 0.25) is 0 Å². The summed E-state index contributed by atoms with van der Waals surface area (Å²) >= 11 is 0. The zero-order valence-electron chi connectivity index (χ0n) is 14.0. The summed E-state index contributed by atoms with van der Waals surface area (Å²) in [5, 5.41) is 2.84. The minimum absolute atomic E-state index is 0.0383. The van der Waals surface area contributed by atoms with E-state index < -0.39 is 0 Å². The van der Waals surface area contributed by atoms with Crippen LogP contribution in [0.25, 0.3) is 0 Å². The Morgan fingerprint density at radius 1 is 1.24 bits per heavy atom. The van der Waals surface area contributed by atoms with Crippen molar-refractivity contribution in [2.45, 2.75) is 12.8 Å². The Bertz CT molecular complexity index is 761.